The molecule has 1 aromatic rings. The highest BCUT2D eigenvalue weighted by atomic mass is 31.2. The number of nitrogens with zero attached hydrogens (tertiary/aromatic N) is 1. The highest BCUT2D eigenvalue weighted by molar-refractivity contribution is 7.68. The van der Waals surface area contributed by atoms with E-state index in [9.17, 15) is 9.36 Å². The van der Waals surface area contributed by atoms with Crippen LogP contribution in [0.15, 0.2) is 30.3 Å². The van der Waals surface area contributed by atoms with E-state index in [1.807, 2.05) is 6.07 Å². The van der Waals surface area contributed by atoms with Crippen molar-refractivity contribution < 1.29 is 13.9 Å². The molecule has 0 radical (unpaired) electrons. The third-order valence-corrected chi connectivity index (χ3v) is 5.30. The standard InChI is InChI=1S/C13H16NO3P/c1-3-12(15)13(10-14)18(16,17-4-2)11-8-6-5-7-9-11/h5-9,13H,3-4H2,1-2H3/t13?,18-/m0/s1. The summed E-state index contributed by atoms with van der Waals surface area (Å²) in [6.07, 6.45) is 0.169. The lowest BCUT2D eigenvalue weighted by atomic mass is 10.2. The molecule has 0 saturated heterocycles. The van der Waals surface area contributed by atoms with Crippen LogP contribution in [0.5, 0.6) is 0 Å². The molecule has 1 unspecified atom stereocenters. The van der Waals surface area contributed by atoms with E-state index < -0.39 is 13.0 Å². The van der Waals surface area contributed by atoms with Gasteiger partial charge in [-0.2, -0.15) is 5.26 Å². The highest BCUT2D eigenvalue weighted by Crippen LogP contribution is 2.51. The van der Waals surface area contributed by atoms with E-state index in [1.54, 1.807) is 44.2 Å². The van der Waals surface area contributed by atoms with Gasteiger partial charge in [-0.3, -0.25) is 9.36 Å². The minimum atomic E-state index is -3.47. The van der Waals surface area contributed by atoms with Gasteiger partial charge in [0.1, 0.15) is 0 Å². The van der Waals surface area contributed by atoms with Gasteiger partial charge in [0.05, 0.1) is 12.7 Å². The van der Waals surface area contributed by atoms with E-state index in [1.165, 1.54) is 0 Å². The molecule has 5 heteroatoms. The molecule has 0 aliphatic carbocycles. The van der Waals surface area contributed by atoms with Crippen molar-refractivity contribution in [3.05, 3.63) is 30.3 Å². The first kappa shape index (κ1) is 14.6. The van der Waals surface area contributed by atoms with Crippen molar-refractivity contribution in [1.29, 1.82) is 5.26 Å². The summed E-state index contributed by atoms with van der Waals surface area (Å²) in [6.45, 7) is 3.54. The molecule has 96 valence electrons. The molecular formula is C13H16NO3P. The summed E-state index contributed by atoms with van der Waals surface area (Å²) in [7, 11) is -3.47. The molecule has 0 amide bonds. The third kappa shape index (κ3) is 2.87. The summed E-state index contributed by atoms with van der Waals surface area (Å²) in [5.41, 5.74) is -1.22. The minimum Gasteiger partial charge on any atom is -0.324 e. The van der Waals surface area contributed by atoms with Gasteiger partial charge in [-0.1, -0.05) is 25.1 Å². The average Bonchev–Trinajstić information content (AvgIpc) is 2.40. The van der Waals surface area contributed by atoms with E-state index in [2.05, 4.69) is 0 Å². The number of ketones is 1. The van der Waals surface area contributed by atoms with Crippen LogP contribution in [0.2, 0.25) is 0 Å². The fraction of sp³-hybridized carbons (Fsp3) is 0.385. The summed E-state index contributed by atoms with van der Waals surface area (Å²) in [5.74, 6) is -0.349. The number of carbonyl (C=O) groups is 1. The predicted octanol–water partition coefficient (Wildman–Crippen LogP) is 2.50. The second-order valence-electron chi connectivity index (χ2n) is 3.70. The SMILES string of the molecule is CCO[P@@](=O)(c1ccccc1)C(C#N)C(=O)CC. The van der Waals surface area contributed by atoms with Gasteiger partial charge in [-0.25, -0.2) is 0 Å². The zero-order valence-electron chi connectivity index (χ0n) is 10.5. The molecule has 1 aromatic carbocycles. The minimum absolute atomic E-state index is 0.169. The van der Waals surface area contributed by atoms with Crippen LogP contribution in [0.1, 0.15) is 20.3 Å². The molecule has 2 atom stereocenters. The number of benzene rings is 1. The van der Waals surface area contributed by atoms with Crippen molar-refractivity contribution in [3.8, 4) is 6.07 Å². The molecule has 0 heterocycles. The Balaban J connectivity index is 3.27. The normalized spacial score (nSPS) is 15.4. The van der Waals surface area contributed by atoms with Crippen molar-refractivity contribution in [3.63, 3.8) is 0 Å². The molecule has 0 bridgehead atoms. The second kappa shape index (κ2) is 6.49. The van der Waals surface area contributed by atoms with Crippen molar-refractivity contribution in [1.82, 2.24) is 0 Å². The van der Waals surface area contributed by atoms with Gasteiger partial charge < -0.3 is 4.52 Å². The maximum absolute atomic E-state index is 12.9. The van der Waals surface area contributed by atoms with Crippen LogP contribution in [-0.2, 0) is 13.9 Å². The summed E-state index contributed by atoms with van der Waals surface area (Å²) >= 11 is 0. The number of hydrogen-bond donors (Lipinski definition) is 0. The molecule has 18 heavy (non-hydrogen) atoms. The van der Waals surface area contributed by atoms with E-state index in [0.717, 1.165) is 0 Å². The lowest BCUT2D eigenvalue weighted by Gasteiger charge is -2.21. The zero-order chi connectivity index (χ0) is 13.6. The Morgan fingerprint density at radius 2 is 2.00 bits per heavy atom. The maximum atomic E-state index is 12.9. The van der Waals surface area contributed by atoms with Crippen LogP contribution in [0, 0.1) is 11.3 Å². The third-order valence-electron chi connectivity index (χ3n) is 2.55. The van der Waals surface area contributed by atoms with Crippen molar-refractivity contribution in [2.75, 3.05) is 6.61 Å². The monoisotopic (exact) mass is 265 g/mol. The fourth-order valence-electron chi connectivity index (χ4n) is 1.66. The van der Waals surface area contributed by atoms with Crippen LogP contribution in [0.25, 0.3) is 0 Å². The molecule has 1 rings (SSSR count). The van der Waals surface area contributed by atoms with E-state index in [4.69, 9.17) is 9.79 Å². The fourth-order valence-corrected chi connectivity index (χ4v) is 3.94. The Morgan fingerprint density at radius 1 is 1.39 bits per heavy atom. The molecular weight excluding hydrogens is 249 g/mol. The lowest BCUT2D eigenvalue weighted by Crippen LogP contribution is -2.25. The van der Waals surface area contributed by atoms with Crippen LogP contribution in [0.4, 0.5) is 0 Å². The molecule has 4 nitrogen and oxygen atoms in total. The Morgan fingerprint density at radius 3 is 2.44 bits per heavy atom. The lowest BCUT2D eigenvalue weighted by molar-refractivity contribution is -0.117. The van der Waals surface area contributed by atoms with Gasteiger partial charge in [-0.15, -0.1) is 0 Å². The van der Waals surface area contributed by atoms with Gasteiger partial charge in [0.25, 0.3) is 7.37 Å². The van der Waals surface area contributed by atoms with Gasteiger partial charge in [0, 0.05) is 11.7 Å². The number of carbonyl (C=O) groups excluding carboxylic acids is 1. The molecule has 0 aromatic heterocycles. The molecule has 0 fully saturated rings. The van der Waals surface area contributed by atoms with Crippen LogP contribution in [-0.4, -0.2) is 18.0 Å². The summed E-state index contributed by atoms with van der Waals surface area (Å²) < 4.78 is 18.2. The van der Waals surface area contributed by atoms with Crippen LogP contribution >= 0.6 is 7.37 Å². The predicted molar refractivity (Wildman–Crippen MR) is 70.0 cm³/mol. The van der Waals surface area contributed by atoms with Gasteiger partial charge >= 0.3 is 0 Å². The average molecular weight is 265 g/mol. The smallest absolute Gasteiger partial charge is 0.256 e. The Labute approximate surface area is 107 Å². The van der Waals surface area contributed by atoms with Crippen molar-refractivity contribution >= 4 is 18.5 Å². The second-order valence-corrected chi connectivity index (χ2v) is 6.19. The van der Waals surface area contributed by atoms with Gasteiger partial charge in [-0.05, 0) is 19.1 Å². The summed E-state index contributed by atoms with van der Waals surface area (Å²) in [6, 6.07) is 10.3. The zero-order valence-corrected chi connectivity index (χ0v) is 11.4. The van der Waals surface area contributed by atoms with Crippen LogP contribution < -0.4 is 5.30 Å². The molecule has 0 spiro atoms. The van der Waals surface area contributed by atoms with Crippen molar-refractivity contribution in [2.24, 2.45) is 0 Å². The topological polar surface area (TPSA) is 67.2 Å². The van der Waals surface area contributed by atoms with Gasteiger partial charge in [0.2, 0.25) is 0 Å². The Kier molecular flexibility index (Phi) is 5.27. The summed E-state index contributed by atoms with van der Waals surface area (Å²) in [5, 5.41) is 9.54. The van der Waals surface area contributed by atoms with E-state index >= 15 is 0 Å². The molecule has 0 aliphatic heterocycles. The number of Topliss-reactive ketones (excluding diaryl/α,β-unsaturated/α-hetero) is 1. The van der Waals surface area contributed by atoms with Crippen molar-refractivity contribution in [2.45, 2.75) is 25.9 Å². The first-order chi connectivity index (χ1) is 8.60. The number of nitriles is 1. The van der Waals surface area contributed by atoms with Crippen LogP contribution in [0.3, 0.4) is 0 Å². The largest absolute Gasteiger partial charge is 0.324 e. The quantitative estimate of drug-likeness (QED) is 0.741. The van der Waals surface area contributed by atoms with E-state index in [-0.39, 0.29) is 18.8 Å². The van der Waals surface area contributed by atoms with Gasteiger partial charge in [0.15, 0.2) is 11.4 Å². The Hall–Kier alpha value is -1.43. The highest BCUT2D eigenvalue weighted by Gasteiger charge is 2.40. The number of hydrogen-bond acceptors (Lipinski definition) is 4. The summed E-state index contributed by atoms with van der Waals surface area (Å²) in [4.78, 5) is 11.8. The molecule has 0 saturated carbocycles. The first-order valence-corrected chi connectivity index (χ1v) is 7.51. The molecule has 0 aliphatic rings. The molecule has 0 N–H and O–H groups in total. The number of rotatable bonds is 6. The Bertz CT molecular complexity index is 493. The maximum Gasteiger partial charge on any atom is 0.256 e. The first-order valence-electron chi connectivity index (χ1n) is 5.82. The van der Waals surface area contributed by atoms with E-state index in [0.29, 0.717) is 5.30 Å².